The molecule has 0 saturated heterocycles. The number of anilines is 1. The molecule has 1 aliphatic heterocycles. The van der Waals surface area contributed by atoms with Crippen LogP contribution in [-0.4, -0.2) is 44.5 Å². The van der Waals surface area contributed by atoms with Crippen LogP contribution < -0.4 is 9.64 Å². The second-order valence-corrected chi connectivity index (χ2v) is 6.03. The van der Waals surface area contributed by atoms with Gasteiger partial charge in [-0.15, -0.1) is 0 Å². The zero-order chi connectivity index (χ0) is 20.1. The Kier molecular flexibility index (Phi) is 6.13. The number of hydrogen-bond acceptors (Lipinski definition) is 8. The molecule has 0 saturated carbocycles. The van der Waals surface area contributed by atoms with Crippen LogP contribution >= 0.6 is 11.6 Å². The summed E-state index contributed by atoms with van der Waals surface area (Å²) in [6, 6.07) is 8.42. The summed E-state index contributed by atoms with van der Waals surface area (Å²) in [7, 11) is 2.45. The number of rotatable bonds is 5. The zero-order valence-electron chi connectivity index (χ0n) is 15.2. The van der Waals surface area contributed by atoms with Crippen LogP contribution in [0, 0.1) is 0 Å². The Morgan fingerprint density at radius 2 is 1.93 bits per heavy atom. The molecule has 9 heteroatoms. The van der Waals surface area contributed by atoms with Gasteiger partial charge in [0.2, 0.25) is 0 Å². The number of esters is 2. The summed E-state index contributed by atoms with van der Waals surface area (Å²) in [5.41, 5.74) is 0.512. The molecule has 2 heterocycles. The Hall–Kier alpha value is -3.10. The topological polar surface area (TPSA) is 87.2 Å². The van der Waals surface area contributed by atoms with Crippen LogP contribution in [0.15, 0.2) is 54.0 Å². The Morgan fingerprint density at radius 1 is 1.14 bits per heavy atom. The maximum atomic E-state index is 12.3. The fourth-order valence-corrected chi connectivity index (χ4v) is 2.92. The van der Waals surface area contributed by atoms with Crippen molar-refractivity contribution in [3.63, 3.8) is 0 Å². The van der Waals surface area contributed by atoms with Gasteiger partial charge in [-0.05, 0) is 24.3 Å². The molecule has 0 amide bonds. The lowest BCUT2D eigenvalue weighted by atomic mass is 10.1. The lowest BCUT2D eigenvalue weighted by Crippen LogP contribution is -2.38. The van der Waals surface area contributed by atoms with Crippen molar-refractivity contribution in [2.45, 2.75) is 0 Å². The summed E-state index contributed by atoms with van der Waals surface area (Å²) in [5.74, 6) is -0.347. The molecule has 0 unspecified atom stereocenters. The van der Waals surface area contributed by atoms with Crippen molar-refractivity contribution in [1.82, 2.24) is 4.98 Å². The van der Waals surface area contributed by atoms with Crippen LogP contribution in [0.4, 0.5) is 5.69 Å². The molecule has 28 heavy (non-hydrogen) atoms. The first-order valence-electron chi connectivity index (χ1n) is 8.17. The number of carbonyl (C=O) groups excluding carboxylic acids is 2. The molecule has 1 aromatic heterocycles. The summed E-state index contributed by atoms with van der Waals surface area (Å²) < 4.78 is 20.7. The molecular weight excluding hydrogens is 388 g/mol. The SMILES string of the molecule is COC(=O)C1=C(C(=O)OC)N(c2ccc(Oc3cccnc3)cc2Cl)COC1. The number of benzene rings is 1. The van der Waals surface area contributed by atoms with E-state index in [1.165, 1.54) is 19.1 Å². The number of aromatic nitrogens is 1. The van der Waals surface area contributed by atoms with Gasteiger partial charge in [0.25, 0.3) is 0 Å². The molecule has 0 aliphatic carbocycles. The normalized spacial score (nSPS) is 13.9. The van der Waals surface area contributed by atoms with Crippen LogP contribution in [0.5, 0.6) is 11.5 Å². The molecule has 0 radical (unpaired) electrons. The van der Waals surface area contributed by atoms with E-state index < -0.39 is 11.9 Å². The second-order valence-electron chi connectivity index (χ2n) is 5.62. The van der Waals surface area contributed by atoms with Gasteiger partial charge in [0, 0.05) is 12.3 Å². The van der Waals surface area contributed by atoms with E-state index in [2.05, 4.69) is 4.98 Å². The minimum Gasteiger partial charge on any atom is -0.466 e. The molecule has 1 aromatic carbocycles. The first-order chi connectivity index (χ1) is 13.5. The molecule has 0 spiro atoms. The van der Waals surface area contributed by atoms with Crippen LogP contribution in [0.3, 0.4) is 0 Å². The van der Waals surface area contributed by atoms with Crippen LogP contribution in [0.25, 0.3) is 0 Å². The van der Waals surface area contributed by atoms with E-state index in [4.69, 9.17) is 30.5 Å². The fourth-order valence-electron chi connectivity index (χ4n) is 2.65. The van der Waals surface area contributed by atoms with Gasteiger partial charge in [0.05, 0.1) is 43.3 Å². The van der Waals surface area contributed by atoms with Crippen molar-refractivity contribution in [2.75, 3.05) is 32.5 Å². The van der Waals surface area contributed by atoms with E-state index in [0.717, 1.165) is 0 Å². The quantitative estimate of drug-likeness (QED) is 0.703. The first-order valence-corrected chi connectivity index (χ1v) is 8.55. The van der Waals surface area contributed by atoms with E-state index >= 15 is 0 Å². The molecule has 0 fully saturated rings. The fraction of sp³-hybridized carbons (Fsp3) is 0.211. The number of hydrogen-bond donors (Lipinski definition) is 0. The predicted octanol–water partition coefficient (Wildman–Crippen LogP) is 2.92. The minimum atomic E-state index is -0.699. The maximum Gasteiger partial charge on any atom is 0.355 e. The lowest BCUT2D eigenvalue weighted by Gasteiger charge is -2.31. The first kappa shape index (κ1) is 19.7. The molecule has 146 valence electrons. The molecule has 8 nitrogen and oxygen atoms in total. The van der Waals surface area contributed by atoms with Crippen molar-refractivity contribution >= 4 is 29.2 Å². The molecule has 0 N–H and O–H groups in total. The molecule has 0 bridgehead atoms. The largest absolute Gasteiger partial charge is 0.466 e. The summed E-state index contributed by atoms with van der Waals surface area (Å²) in [6.07, 6.45) is 3.21. The average Bonchev–Trinajstić information content (AvgIpc) is 2.73. The van der Waals surface area contributed by atoms with Gasteiger partial charge >= 0.3 is 11.9 Å². The molecule has 1 aliphatic rings. The number of pyridine rings is 1. The third kappa shape index (κ3) is 4.08. The summed E-state index contributed by atoms with van der Waals surface area (Å²) in [5, 5.41) is 0.289. The zero-order valence-corrected chi connectivity index (χ0v) is 15.9. The third-order valence-corrected chi connectivity index (χ3v) is 4.22. The lowest BCUT2D eigenvalue weighted by molar-refractivity contribution is -0.140. The minimum absolute atomic E-state index is 0.00740. The van der Waals surface area contributed by atoms with Gasteiger partial charge in [0.1, 0.15) is 23.9 Å². The number of halogens is 1. The molecule has 3 rings (SSSR count). The van der Waals surface area contributed by atoms with Crippen LogP contribution in [-0.2, 0) is 23.8 Å². The van der Waals surface area contributed by atoms with E-state index in [1.807, 2.05) is 0 Å². The van der Waals surface area contributed by atoms with Crippen LogP contribution in [0.1, 0.15) is 0 Å². The number of carbonyl (C=O) groups is 2. The van der Waals surface area contributed by atoms with E-state index in [1.54, 1.807) is 42.7 Å². The maximum absolute atomic E-state index is 12.3. The van der Waals surface area contributed by atoms with Gasteiger partial charge in [-0.25, -0.2) is 9.59 Å². The molecular formula is C19H17ClN2O6. The second kappa shape index (κ2) is 8.73. The predicted molar refractivity (Wildman–Crippen MR) is 100 cm³/mol. The summed E-state index contributed by atoms with van der Waals surface area (Å²) in [4.78, 5) is 29.8. The highest BCUT2D eigenvalue weighted by molar-refractivity contribution is 6.33. The van der Waals surface area contributed by atoms with Crippen molar-refractivity contribution in [1.29, 1.82) is 0 Å². The Bertz CT molecular complexity index is 916. The van der Waals surface area contributed by atoms with Gasteiger partial charge in [-0.3, -0.25) is 4.98 Å². The van der Waals surface area contributed by atoms with Gasteiger partial charge in [-0.1, -0.05) is 11.6 Å². The van der Waals surface area contributed by atoms with Gasteiger partial charge in [-0.2, -0.15) is 0 Å². The van der Waals surface area contributed by atoms with Crippen molar-refractivity contribution < 1.29 is 28.5 Å². The van der Waals surface area contributed by atoms with E-state index in [0.29, 0.717) is 17.2 Å². The summed E-state index contributed by atoms with van der Waals surface area (Å²) in [6.45, 7) is -0.0686. The smallest absolute Gasteiger partial charge is 0.355 e. The van der Waals surface area contributed by atoms with Crippen molar-refractivity contribution in [2.24, 2.45) is 0 Å². The number of methoxy groups -OCH3 is 2. The Labute approximate surface area is 166 Å². The molecule has 0 atom stereocenters. The van der Waals surface area contributed by atoms with Crippen molar-refractivity contribution in [3.8, 4) is 11.5 Å². The Morgan fingerprint density at radius 3 is 2.57 bits per heavy atom. The Balaban J connectivity index is 1.96. The van der Waals surface area contributed by atoms with Crippen molar-refractivity contribution in [3.05, 3.63) is 59.0 Å². The molecule has 2 aromatic rings. The van der Waals surface area contributed by atoms with E-state index in [-0.39, 0.29) is 29.6 Å². The summed E-state index contributed by atoms with van der Waals surface area (Å²) >= 11 is 6.42. The average molecular weight is 405 g/mol. The standard InChI is InChI=1S/C19H17ClN2O6/c1-25-18(23)14-10-27-11-22(17(14)19(24)26-2)16-6-5-12(8-15(16)20)28-13-4-3-7-21-9-13/h3-9H,10-11H2,1-2H3. The van der Waals surface area contributed by atoms with E-state index in [9.17, 15) is 9.59 Å². The van der Waals surface area contributed by atoms with Crippen LogP contribution in [0.2, 0.25) is 5.02 Å². The van der Waals surface area contributed by atoms with Gasteiger partial charge in [0.15, 0.2) is 0 Å². The highest BCUT2D eigenvalue weighted by Gasteiger charge is 2.33. The highest BCUT2D eigenvalue weighted by Crippen LogP contribution is 2.35. The number of ether oxygens (including phenoxy) is 4. The van der Waals surface area contributed by atoms with Gasteiger partial charge < -0.3 is 23.8 Å². The third-order valence-electron chi connectivity index (χ3n) is 3.91. The number of nitrogens with zero attached hydrogens (tertiary/aromatic N) is 2. The highest BCUT2D eigenvalue weighted by atomic mass is 35.5. The monoisotopic (exact) mass is 404 g/mol.